The smallest absolute Gasteiger partial charge is 0.185 e. The first-order chi connectivity index (χ1) is 15.6. The molecule has 6 nitrogen and oxygen atoms in total. The molecular weight excluding hydrogens is 404 g/mol. The molecule has 1 atom stereocenters. The minimum absolute atomic E-state index is 0.0581. The fourth-order valence-electron chi connectivity index (χ4n) is 4.07. The highest BCUT2D eigenvalue weighted by molar-refractivity contribution is 6.07. The van der Waals surface area contributed by atoms with Crippen molar-refractivity contribution in [2.45, 2.75) is 19.6 Å². The number of carbonyl (C=O) groups is 1. The van der Waals surface area contributed by atoms with E-state index in [9.17, 15) is 9.90 Å². The molecule has 1 saturated heterocycles. The van der Waals surface area contributed by atoms with Crippen LogP contribution in [0.2, 0.25) is 0 Å². The fraction of sp³-hybridized carbons (Fsp3) is 0.346. The molecule has 1 fully saturated rings. The molecule has 4 rings (SSSR count). The summed E-state index contributed by atoms with van der Waals surface area (Å²) in [5, 5.41) is 11.7. The molecule has 1 N–H and O–H groups in total. The number of rotatable bonds is 9. The second kappa shape index (κ2) is 10.6. The number of morpholine rings is 1. The number of fused-ring (bicyclic) bond motifs is 1. The van der Waals surface area contributed by atoms with E-state index in [1.807, 2.05) is 55.6 Å². The number of hydrogen-bond acceptors (Lipinski definition) is 5. The zero-order valence-electron chi connectivity index (χ0n) is 18.4. The number of β-amino-alcohol motifs (C(OH)–C–C–N with tert-alkyl or cyclic N) is 1. The van der Waals surface area contributed by atoms with Crippen LogP contribution in [0.15, 0.2) is 60.8 Å². The minimum Gasteiger partial charge on any atom is -0.494 e. The van der Waals surface area contributed by atoms with Crippen LogP contribution >= 0.6 is 0 Å². The molecule has 0 bridgehead atoms. The maximum atomic E-state index is 12.6. The Hall–Kier alpha value is -2.93. The SMILES string of the molecule is CCOc1ccc(C(=O)/C=C/c2cn(C[C@@H](O)CN3CCOCC3)c3ccccc23)cc1. The minimum atomic E-state index is -0.480. The van der Waals surface area contributed by atoms with Crippen LogP contribution in [-0.4, -0.2) is 65.9 Å². The van der Waals surface area contributed by atoms with Gasteiger partial charge in [0.15, 0.2) is 5.78 Å². The summed E-state index contributed by atoms with van der Waals surface area (Å²) in [4.78, 5) is 14.9. The highest BCUT2D eigenvalue weighted by Gasteiger charge is 2.16. The van der Waals surface area contributed by atoms with E-state index in [4.69, 9.17) is 9.47 Å². The molecule has 3 aromatic rings. The van der Waals surface area contributed by atoms with Crippen LogP contribution in [0.25, 0.3) is 17.0 Å². The van der Waals surface area contributed by atoms with Crippen molar-refractivity contribution in [3.05, 3.63) is 71.9 Å². The first-order valence-corrected chi connectivity index (χ1v) is 11.2. The fourth-order valence-corrected chi connectivity index (χ4v) is 4.07. The lowest BCUT2D eigenvalue weighted by Gasteiger charge is -2.28. The highest BCUT2D eigenvalue weighted by atomic mass is 16.5. The summed E-state index contributed by atoms with van der Waals surface area (Å²) >= 11 is 0. The van der Waals surface area contributed by atoms with Crippen molar-refractivity contribution >= 4 is 22.8 Å². The number of para-hydroxylation sites is 1. The molecular formula is C26H30N2O4. The van der Waals surface area contributed by atoms with Gasteiger partial charge in [-0.2, -0.15) is 0 Å². The van der Waals surface area contributed by atoms with Crippen molar-refractivity contribution in [3.8, 4) is 5.75 Å². The number of nitrogens with zero attached hydrogens (tertiary/aromatic N) is 2. The van der Waals surface area contributed by atoms with Gasteiger partial charge in [-0.25, -0.2) is 0 Å². The third-order valence-electron chi connectivity index (χ3n) is 5.66. The summed E-state index contributed by atoms with van der Waals surface area (Å²) in [6.07, 6.45) is 4.99. The Kier molecular flexibility index (Phi) is 7.37. The number of aliphatic hydroxyl groups is 1. The first-order valence-electron chi connectivity index (χ1n) is 11.2. The Morgan fingerprint density at radius 1 is 1.12 bits per heavy atom. The van der Waals surface area contributed by atoms with E-state index in [0.29, 0.717) is 25.3 Å². The van der Waals surface area contributed by atoms with Crippen LogP contribution in [-0.2, 0) is 11.3 Å². The van der Waals surface area contributed by atoms with Gasteiger partial charge in [-0.3, -0.25) is 9.69 Å². The zero-order chi connectivity index (χ0) is 22.3. The summed E-state index contributed by atoms with van der Waals surface area (Å²) in [6.45, 7) is 6.79. The van der Waals surface area contributed by atoms with Crippen LogP contribution in [0.3, 0.4) is 0 Å². The number of carbonyl (C=O) groups excluding carboxylic acids is 1. The number of aliphatic hydroxyl groups excluding tert-OH is 1. The normalized spacial score (nSPS) is 15.9. The van der Waals surface area contributed by atoms with Gasteiger partial charge in [0.2, 0.25) is 0 Å². The first kappa shape index (κ1) is 22.3. The van der Waals surface area contributed by atoms with Crippen LogP contribution in [0.4, 0.5) is 0 Å². The van der Waals surface area contributed by atoms with Gasteiger partial charge in [-0.1, -0.05) is 18.2 Å². The molecule has 0 amide bonds. The van der Waals surface area contributed by atoms with Gasteiger partial charge in [0, 0.05) is 54.4 Å². The summed E-state index contributed by atoms with van der Waals surface area (Å²) in [7, 11) is 0. The molecule has 6 heteroatoms. The van der Waals surface area contributed by atoms with Crippen LogP contribution < -0.4 is 4.74 Å². The number of benzene rings is 2. The Balaban J connectivity index is 1.48. The van der Waals surface area contributed by atoms with E-state index < -0.39 is 6.10 Å². The van der Waals surface area contributed by atoms with Crippen molar-refractivity contribution in [1.29, 1.82) is 0 Å². The van der Waals surface area contributed by atoms with Gasteiger partial charge < -0.3 is 19.1 Å². The van der Waals surface area contributed by atoms with E-state index in [1.165, 1.54) is 0 Å². The van der Waals surface area contributed by atoms with Crippen molar-refractivity contribution in [1.82, 2.24) is 9.47 Å². The Bertz CT molecular complexity index is 1070. The summed E-state index contributed by atoms with van der Waals surface area (Å²) in [6, 6.07) is 15.3. The molecule has 32 heavy (non-hydrogen) atoms. The lowest BCUT2D eigenvalue weighted by atomic mass is 10.1. The molecule has 1 aromatic heterocycles. The second-order valence-corrected chi connectivity index (χ2v) is 7.98. The lowest BCUT2D eigenvalue weighted by molar-refractivity contribution is 0.0117. The van der Waals surface area contributed by atoms with Crippen molar-refractivity contribution in [3.63, 3.8) is 0 Å². The number of allylic oxidation sites excluding steroid dienone is 1. The van der Waals surface area contributed by atoms with Gasteiger partial charge in [0.25, 0.3) is 0 Å². The lowest BCUT2D eigenvalue weighted by Crippen LogP contribution is -2.41. The average Bonchev–Trinajstić information content (AvgIpc) is 3.16. The van der Waals surface area contributed by atoms with Crippen LogP contribution in [0.1, 0.15) is 22.8 Å². The molecule has 2 aromatic carbocycles. The Labute approximate surface area is 188 Å². The van der Waals surface area contributed by atoms with E-state index in [1.54, 1.807) is 18.2 Å². The molecule has 1 aliphatic rings. The van der Waals surface area contributed by atoms with Gasteiger partial charge >= 0.3 is 0 Å². The van der Waals surface area contributed by atoms with E-state index in [0.717, 1.165) is 48.5 Å². The number of hydrogen-bond donors (Lipinski definition) is 1. The molecule has 2 heterocycles. The second-order valence-electron chi connectivity index (χ2n) is 7.98. The van der Waals surface area contributed by atoms with Gasteiger partial charge in [-0.05, 0) is 49.4 Å². The maximum absolute atomic E-state index is 12.6. The predicted octanol–water partition coefficient (Wildman–Crippen LogP) is 3.63. The third kappa shape index (κ3) is 5.46. The van der Waals surface area contributed by atoms with Crippen molar-refractivity contribution in [2.75, 3.05) is 39.5 Å². The Morgan fingerprint density at radius 2 is 1.88 bits per heavy atom. The average molecular weight is 435 g/mol. The molecule has 0 saturated carbocycles. The highest BCUT2D eigenvalue weighted by Crippen LogP contribution is 2.23. The molecule has 0 spiro atoms. The summed E-state index contributed by atoms with van der Waals surface area (Å²) in [5.41, 5.74) is 2.62. The van der Waals surface area contributed by atoms with Crippen LogP contribution in [0, 0.1) is 0 Å². The molecule has 0 radical (unpaired) electrons. The van der Waals surface area contributed by atoms with E-state index in [-0.39, 0.29) is 5.78 Å². The summed E-state index contributed by atoms with van der Waals surface area (Å²) in [5.74, 6) is 0.698. The number of ether oxygens (including phenoxy) is 2. The third-order valence-corrected chi connectivity index (χ3v) is 5.66. The van der Waals surface area contributed by atoms with Gasteiger partial charge in [-0.15, -0.1) is 0 Å². The van der Waals surface area contributed by atoms with Crippen LogP contribution in [0.5, 0.6) is 5.75 Å². The number of aromatic nitrogens is 1. The summed E-state index contributed by atoms with van der Waals surface area (Å²) < 4.78 is 12.9. The van der Waals surface area contributed by atoms with E-state index >= 15 is 0 Å². The topological polar surface area (TPSA) is 63.9 Å². The quantitative estimate of drug-likeness (QED) is 0.412. The standard InChI is InChI=1S/C26H30N2O4/c1-2-32-23-10-7-20(8-11-23)26(30)12-9-21-17-28(25-6-4-3-5-24(21)25)19-22(29)18-27-13-15-31-16-14-27/h3-12,17,22,29H,2,13-16,18-19H2,1H3/b12-9+/t22-/m0/s1. The Morgan fingerprint density at radius 3 is 2.62 bits per heavy atom. The van der Waals surface area contributed by atoms with Crippen molar-refractivity contribution < 1.29 is 19.4 Å². The van der Waals surface area contributed by atoms with Gasteiger partial charge in [0.05, 0.1) is 25.9 Å². The van der Waals surface area contributed by atoms with Crippen molar-refractivity contribution in [2.24, 2.45) is 0 Å². The number of ketones is 1. The largest absolute Gasteiger partial charge is 0.494 e. The van der Waals surface area contributed by atoms with E-state index in [2.05, 4.69) is 9.47 Å². The molecule has 1 aliphatic heterocycles. The molecule has 0 aliphatic carbocycles. The zero-order valence-corrected chi connectivity index (χ0v) is 18.4. The predicted molar refractivity (Wildman–Crippen MR) is 126 cm³/mol. The molecule has 0 unspecified atom stereocenters. The molecule has 168 valence electrons. The maximum Gasteiger partial charge on any atom is 0.185 e. The monoisotopic (exact) mass is 434 g/mol. The van der Waals surface area contributed by atoms with Gasteiger partial charge in [0.1, 0.15) is 5.75 Å².